The number of benzene rings is 1. The molecular formula is C13H22N2. The van der Waals surface area contributed by atoms with E-state index in [9.17, 15) is 0 Å². The fourth-order valence-electron chi connectivity index (χ4n) is 1.60. The molecule has 1 rings (SSSR count). The minimum absolute atomic E-state index is 1.06. The lowest BCUT2D eigenvalue weighted by Gasteiger charge is -2.19. The molecule has 84 valence electrons. The minimum atomic E-state index is 1.06. The average Bonchev–Trinajstić information content (AvgIpc) is 2.26. The molecule has 0 N–H and O–H groups in total. The van der Waals surface area contributed by atoms with Crippen molar-refractivity contribution < 1.29 is 0 Å². The Morgan fingerprint density at radius 1 is 0.933 bits per heavy atom. The van der Waals surface area contributed by atoms with Gasteiger partial charge in [0.2, 0.25) is 0 Å². The van der Waals surface area contributed by atoms with E-state index in [4.69, 9.17) is 0 Å². The number of hydrogen-bond acceptors (Lipinski definition) is 2. The first-order chi connectivity index (χ1) is 7.17. The van der Waals surface area contributed by atoms with Crippen molar-refractivity contribution >= 4 is 5.69 Å². The molecule has 0 atom stereocenters. The van der Waals surface area contributed by atoms with Crippen molar-refractivity contribution in [3.63, 3.8) is 0 Å². The predicted octanol–water partition coefficient (Wildman–Crippen LogP) is 2.59. The summed E-state index contributed by atoms with van der Waals surface area (Å²) in [4.78, 5) is 4.55. The lowest BCUT2D eigenvalue weighted by Crippen LogP contribution is -2.22. The summed E-state index contributed by atoms with van der Waals surface area (Å²) in [6.07, 6.45) is 0. The molecule has 0 radical (unpaired) electrons. The molecule has 2 heteroatoms. The molecule has 0 spiro atoms. The third kappa shape index (κ3) is 3.56. The van der Waals surface area contributed by atoms with Crippen LogP contribution in [-0.2, 0) is 6.54 Å². The summed E-state index contributed by atoms with van der Waals surface area (Å²) in [7, 11) is 4.14. The normalized spacial score (nSPS) is 10.7. The second-order valence-electron chi connectivity index (χ2n) is 4.02. The highest BCUT2D eigenvalue weighted by atomic mass is 15.1. The monoisotopic (exact) mass is 206 g/mol. The predicted molar refractivity (Wildman–Crippen MR) is 67.4 cm³/mol. The quantitative estimate of drug-likeness (QED) is 0.730. The van der Waals surface area contributed by atoms with Crippen LogP contribution < -0.4 is 4.90 Å². The van der Waals surface area contributed by atoms with Crippen LogP contribution in [0.5, 0.6) is 0 Å². The van der Waals surface area contributed by atoms with Crippen LogP contribution in [0.3, 0.4) is 0 Å². The highest BCUT2D eigenvalue weighted by Gasteiger charge is 2.01. The number of nitrogens with zero attached hydrogens (tertiary/aromatic N) is 2. The van der Waals surface area contributed by atoms with Gasteiger partial charge in [0, 0.05) is 26.3 Å². The zero-order valence-electron chi connectivity index (χ0n) is 10.3. The van der Waals surface area contributed by atoms with E-state index in [2.05, 4.69) is 62.0 Å². The fraction of sp³-hybridized carbons (Fsp3) is 0.538. The van der Waals surface area contributed by atoms with Crippen LogP contribution in [0.15, 0.2) is 24.3 Å². The van der Waals surface area contributed by atoms with E-state index in [-0.39, 0.29) is 0 Å². The fourth-order valence-corrected chi connectivity index (χ4v) is 1.60. The van der Waals surface area contributed by atoms with Crippen molar-refractivity contribution in [1.82, 2.24) is 4.90 Å². The summed E-state index contributed by atoms with van der Waals surface area (Å²) in [5.74, 6) is 0. The van der Waals surface area contributed by atoms with Crippen molar-refractivity contribution in [2.45, 2.75) is 20.4 Å². The standard InChI is InChI=1S/C13H22N2/c1-5-15(6-2)11-12-7-9-13(10-8-12)14(3)4/h7-10H,5-6,11H2,1-4H3. The van der Waals surface area contributed by atoms with Gasteiger partial charge in [0.05, 0.1) is 0 Å². The van der Waals surface area contributed by atoms with E-state index >= 15 is 0 Å². The van der Waals surface area contributed by atoms with Gasteiger partial charge in [-0.3, -0.25) is 4.90 Å². The van der Waals surface area contributed by atoms with Crippen LogP contribution in [0, 0.1) is 0 Å². The summed E-state index contributed by atoms with van der Waals surface area (Å²) in [6.45, 7) is 7.70. The van der Waals surface area contributed by atoms with E-state index < -0.39 is 0 Å². The molecule has 0 aliphatic rings. The first kappa shape index (κ1) is 12.1. The van der Waals surface area contributed by atoms with Crippen LogP contribution in [0.2, 0.25) is 0 Å². The summed E-state index contributed by atoms with van der Waals surface area (Å²) >= 11 is 0. The lowest BCUT2D eigenvalue weighted by atomic mass is 10.2. The largest absolute Gasteiger partial charge is 0.378 e. The Labute approximate surface area is 93.5 Å². The average molecular weight is 206 g/mol. The van der Waals surface area contributed by atoms with Gasteiger partial charge in [0.1, 0.15) is 0 Å². The van der Waals surface area contributed by atoms with Gasteiger partial charge in [-0.15, -0.1) is 0 Å². The van der Waals surface area contributed by atoms with Gasteiger partial charge in [-0.2, -0.15) is 0 Å². The van der Waals surface area contributed by atoms with E-state index in [1.807, 2.05) is 0 Å². The molecule has 0 aliphatic heterocycles. The third-order valence-electron chi connectivity index (χ3n) is 2.75. The zero-order chi connectivity index (χ0) is 11.3. The summed E-state index contributed by atoms with van der Waals surface area (Å²) in [5, 5.41) is 0. The van der Waals surface area contributed by atoms with Gasteiger partial charge in [0.15, 0.2) is 0 Å². The molecule has 0 fully saturated rings. The molecule has 2 nitrogen and oxygen atoms in total. The first-order valence-electron chi connectivity index (χ1n) is 5.66. The van der Waals surface area contributed by atoms with Crippen LogP contribution in [0.4, 0.5) is 5.69 Å². The number of anilines is 1. The van der Waals surface area contributed by atoms with E-state index in [0.717, 1.165) is 19.6 Å². The Balaban J connectivity index is 2.63. The van der Waals surface area contributed by atoms with Crippen LogP contribution >= 0.6 is 0 Å². The van der Waals surface area contributed by atoms with Gasteiger partial charge in [-0.25, -0.2) is 0 Å². The second-order valence-corrected chi connectivity index (χ2v) is 4.02. The van der Waals surface area contributed by atoms with Crippen LogP contribution in [-0.4, -0.2) is 32.1 Å². The Bertz CT molecular complexity index is 273. The molecule has 0 aromatic heterocycles. The molecule has 0 unspecified atom stereocenters. The van der Waals surface area contributed by atoms with Crippen LogP contribution in [0.25, 0.3) is 0 Å². The number of rotatable bonds is 5. The van der Waals surface area contributed by atoms with Crippen molar-refractivity contribution in [1.29, 1.82) is 0 Å². The molecule has 1 aromatic carbocycles. The maximum atomic E-state index is 2.42. The third-order valence-corrected chi connectivity index (χ3v) is 2.75. The molecule has 0 heterocycles. The molecule has 0 aliphatic carbocycles. The second kappa shape index (κ2) is 5.76. The Morgan fingerprint density at radius 3 is 1.87 bits per heavy atom. The Kier molecular flexibility index (Phi) is 4.63. The van der Waals surface area contributed by atoms with Crippen molar-refractivity contribution in [3.8, 4) is 0 Å². The first-order valence-corrected chi connectivity index (χ1v) is 5.66. The highest BCUT2D eigenvalue weighted by Crippen LogP contribution is 2.13. The van der Waals surface area contributed by atoms with Gasteiger partial charge in [0.25, 0.3) is 0 Å². The molecule has 1 aromatic rings. The van der Waals surface area contributed by atoms with E-state index in [1.165, 1.54) is 11.3 Å². The van der Waals surface area contributed by atoms with Gasteiger partial charge in [-0.05, 0) is 30.8 Å². The van der Waals surface area contributed by atoms with E-state index in [1.54, 1.807) is 0 Å². The van der Waals surface area contributed by atoms with Gasteiger partial charge < -0.3 is 4.90 Å². The Hall–Kier alpha value is -1.02. The molecule has 0 saturated heterocycles. The molecule has 0 saturated carbocycles. The summed E-state index contributed by atoms with van der Waals surface area (Å²) in [5.41, 5.74) is 2.66. The van der Waals surface area contributed by atoms with Crippen molar-refractivity contribution in [3.05, 3.63) is 29.8 Å². The van der Waals surface area contributed by atoms with Gasteiger partial charge >= 0.3 is 0 Å². The lowest BCUT2D eigenvalue weighted by molar-refractivity contribution is 0.296. The molecule has 0 bridgehead atoms. The van der Waals surface area contributed by atoms with Crippen LogP contribution in [0.1, 0.15) is 19.4 Å². The highest BCUT2D eigenvalue weighted by molar-refractivity contribution is 5.45. The smallest absolute Gasteiger partial charge is 0.0361 e. The van der Waals surface area contributed by atoms with Crippen molar-refractivity contribution in [2.24, 2.45) is 0 Å². The maximum absolute atomic E-state index is 2.42. The molecule has 15 heavy (non-hydrogen) atoms. The minimum Gasteiger partial charge on any atom is -0.378 e. The SMILES string of the molecule is CCN(CC)Cc1ccc(N(C)C)cc1. The Morgan fingerprint density at radius 2 is 1.47 bits per heavy atom. The van der Waals surface area contributed by atoms with Crippen molar-refractivity contribution in [2.75, 3.05) is 32.1 Å². The van der Waals surface area contributed by atoms with E-state index in [0.29, 0.717) is 0 Å². The topological polar surface area (TPSA) is 6.48 Å². The number of hydrogen-bond donors (Lipinski definition) is 0. The summed E-state index contributed by atoms with van der Waals surface area (Å²) in [6, 6.07) is 8.79. The molecular weight excluding hydrogens is 184 g/mol. The van der Waals surface area contributed by atoms with Gasteiger partial charge in [-0.1, -0.05) is 26.0 Å². The zero-order valence-corrected chi connectivity index (χ0v) is 10.3. The summed E-state index contributed by atoms with van der Waals surface area (Å²) < 4.78 is 0. The maximum Gasteiger partial charge on any atom is 0.0361 e. The molecule has 0 amide bonds.